The molecule has 0 aliphatic heterocycles. The van der Waals surface area contributed by atoms with Crippen molar-refractivity contribution in [3.8, 4) is 5.75 Å². The largest absolute Gasteiger partial charge is 0.489 e. The maximum absolute atomic E-state index is 13.5. The van der Waals surface area contributed by atoms with Crippen LogP contribution in [0.1, 0.15) is 19.4 Å². The van der Waals surface area contributed by atoms with Crippen LogP contribution in [0, 0.1) is 5.82 Å². The molecule has 0 aromatic heterocycles. The third kappa shape index (κ3) is 4.09. The monoisotopic (exact) mass is 315 g/mol. The summed E-state index contributed by atoms with van der Waals surface area (Å²) < 4.78 is 18.9. The Labute approximate surface area is 136 Å². The maximum Gasteiger partial charge on any atom is 0.232 e. The fourth-order valence-electron chi connectivity index (χ4n) is 2.41. The third-order valence-electron chi connectivity index (χ3n) is 3.90. The number of halogens is 1. The van der Waals surface area contributed by atoms with Crippen LogP contribution in [0.5, 0.6) is 5.75 Å². The summed E-state index contributed by atoms with van der Waals surface area (Å²) in [6, 6.07) is 15.9. The van der Waals surface area contributed by atoms with E-state index in [1.807, 2.05) is 44.2 Å². The molecule has 1 amide bonds. The van der Waals surface area contributed by atoms with E-state index in [0.717, 1.165) is 5.56 Å². The first-order valence-electron chi connectivity index (χ1n) is 7.61. The van der Waals surface area contributed by atoms with E-state index in [9.17, 15) is 9.18 Å². The molecule has 3 nitrogen and oxygen atoms in total. The van der Waals surface area contributed by atoms with Crippen molar-refractivity contribution < 1.29 is 13.9 Å². The molecule has 0 fully saturated rings. The molecule has 23 heavy (non-hydrogen) atoms. The number of ether oxygens (including phenoxy) is 1. The van der Waals surface area contributed by atoms with Gasteiger partial charge in [-0.05, 0) is 31.5 Å². The standard InChI is InChI=1S/C19H22FNO2/c1-19(2,15-9-5-4-6-10-15)18(22)21(3)13-14-23-17-12-8-7-11-16(17)20/h4-12H,13-14H2,1-3H3. The number of carbonyl (C=O) groups excluding carboxylic acids is 1. The summed E-state index contributed by atoms with van der Waals surface area (Å²) in [6.07, 6.45) is 0. The molecule has 0 saturated heterocycles. The Morgan fingerprint density at radius 1 is 1.09 bits per heavy atom. The molecular formula is C19H22FNO2. The van der Waals surface area contributed by atoms with Crippen LogP contribution in [0.2, 0.25) is 0 Å². The van der Waals surface area contributed by atoms with Crippen LogP contribution in [-0.4, -0.2) is 31.0 Å². The normalized spacial score (nSPS) is 11.1. The quantitative estimate of drug-likeness (QED) is 0.814. The van der Waals surface area contributed by atoms with Gasteiger partial charge in [-0.2, -0.15) is 0 Å². The molecule has 0 aliphatic carbocycles. The summed E-state index contributed by atoms with van der Waals surface area (Å²) in [5.41, 5.74) is 0.348. The zero-order valence-corrected chi connectivity index (χ0v) is 13.8. The van der Waals surface area contributed by atoms with Gasteiger partial charge < -0.3 is 9.64 Å². The van der Waals surface area contributed by atoms with Crippen LogP contribution in [0.15, 0.2) is 54.6 Å². The maximum atomic E-state index is 13.5. The Kier molecular flexibility index (Phi) is 5.37. The third-order valence-corrected chi connectivity index (χ3v) is 3.90. The summed E-state index contributed by atoms with van der Waals surface area (Å²) >= 11 is 0. The topological polar surface area (TPSA) is 29.5 Å². The minimum Gasteiger partial charge on any atom is -0.489 e. The van der Waals surface area contributed by atoms with Crippen LogP contribution in [-0.2, 0) is 10.2 Å². The van der Waals surface area contributed by atoms with Crippen molar-refractivity contribution in [1.29, 1.82) is 0 Å². The van der Waals surface area contributed by atoms with Gasteiger partial charge in [-0.25, -0.2) is 4.39 Å². The van der Waals surface area contributed by atoms with Gasteiger partial charge in [0.15, 0.2) is 11.6 Å². The number of rotatable bonds is 6. The number of para-hydroxylation sites is 1. The number of hydrogen-bond acceptors (Lipinski definition) is 2. The molecule has 4 heteroatoms. The van der Waals surface area contributed by atoms with E-state index in [1.54, 1.807) is 30.1 Å². The average Bonchev–Trinajstić information content (AvgIpc) is 2.56. The average molecular weight is 315 g/mol. The van der Waals surface area contributed by atoms with Crippen molar-refractivity contribution in [2.24, 2.45) is 0 Å². The Balaban J connectivity index is 1.94. The van der Waals surface area contributed by atoms with Gasteiger partial charge in [0.2, 0.25) is 5.91 Å². The fourth-order valence-corrected chi connectivity index (χ4v) is 2.41. The van der Waals surface area contributed by atoms with Crippen molar-refractivity contribution in [2.75, 3.05) is 20.2 Å². The highest BCUT2D eigenvalue weighted by Gasteiger charge is 2.32. The Hall–Kier alpha value is -2.36. The van der Waals surface area contributed by atoms with E-state index in [2.05, 4.69) is 0 Å². The highest BCUT2D eigenvalue weighted by molar-refractivity contribution is 5.87. The number of carbonyl (C=O) groups is 1. The Morgan fingerprint density at radius 2 is 1.70 bits per heavy atom. The molecule has 0 saturated carbocycles. The molecule has 2 rings (SSSR count). The van der Waals surface area contributed by atoms with E-state index < -0.39 is 11.2 Å². The number of benzene rings is 2. The summed E-state index contributed by atoms with van der Waals surface area (Å²) in [4.78, 5) is 14.3. The molecule has 2 aromatic rings. The smallest absolute Gasteiger partial charge is 0.232 e. The lowest BCUT2D eigenvalue weighted by Gasteiger charge is -2.29. The van der Waals surface area contributed by atoms with Crippen molar-refractivity contribution in [3.63, 3.8) is 0 Å². The summed E-state index contributed by atoms with van der Waals surface area (Å²) in [5.74, 6) is -0.192. The SMILES string of the molecule is CN(CCOc1ccccc1F)C(=O)C(C)(C)c1ccccc1. The van der Waals surface area contributed by atoms with E-state index in [4.69, 9.17) is 4.74 Å². The molecule has 0 unspecified atom stereocenters. The second-order valence-corrected chi connectivity index (χ2v) is 6.00. The minimum atomic E-state index is -0.617. The second-order valence-electron chi connectivity index (χ2n) is 6.00. The summed E-state index contributed by atoms with van der Waals surface area (Å²) in [6.45, 7) is 4.44. The van der Waals surface area contributed by atoms with Gasteiger partial charge in [0.25, 0.3) is 0 Å². The van der Waals surface area contributed by atoms with Gasteiger partial charge in [-0.3, -0.25) is 4.79 Å². The van der Waals surface area contributed by atoms with Gasteiger partial charge in [-0.1, -0.05) is 42.5 Å². The van der Waals surface area contributed by atoms with Gasteiger partial charge in [0, 0.05) is 7.05 Å². The van der Waals surface area contributed by atoms with Gasteiger partial charge in [0.05, 0.1) is 12.0 Å². The molecular weight excluding hydrogens is 293 g/mol. The van der Waals surface area contributed by atoms with Gasteiger partial charge >= 0.3 is 0 Å². The van der Waals surface area contributed by atoms with E-state index >= 15 is 0 Å². The molecule has 0 radical (unpaired) electrons. The molecule has 0 heterocycles. The van der Waals surface area contributed by atoms with E-state index in [0.29, 0.717) is 6.54 Å². The molecule has 0 N–H and O–H groups in total. The summed E-state index contributed by atoms with van der Waals surface area (Å²) in [5, 5.41) is 0. The predicted octanol–water partition coefficient (Wildman–Crippen LogP) is 3.64. The number of hydrogen-bond donors (Lipinski definition) is 0. The number of amides is 1. The molecule has 0 aliphatic rings. The lowest BCUT2D eigenvalue weighted by Crippen LogP contribution is -2.42. The van der Waals surface area contributed by atoms with Crippen molar-refractivity contribution in [1.82, 2.24) is 4.90 Å². The first-order valence-corrected chi connectivity index (χ1v) is 7.61. The van der Waals surface area contributed by atoms with Crippen LogP contribution >= 0.6 is 0 Å². The zero-order valence-electron chi connectivity index (χ0n) is 13.8. The highest BCUT2D eigenvalue weighted by Crippen LogP contribution is 2.25. The Morgan fingerprint density at radius 3 is 2.35 bits per heavy atom. The first-order chi connectivity index (χ1) is 10.9. The van der Waals surface area contributed by atoms with E-state index in [-0.39, 0.29) is 18.3 Å². The van der Waals surface area contributed by atoms with Crippen LogP contribution in [0.25, 0.3) is 0 Å². The van der Waals surface area contributed by atoms with Crippen molar-refractivity contribution in [2.45, 2.75) is 19.3 Å². The predicted molar refractivity (Wildman–Crippen MR) is 89.0 cm³/mol. The van der Waals surface area contributed by atoms with E-state index in [1.165, 1.54) is 6.07 Å². The second kappa shape index (κ2) is 7.27. The Bertz CT molecular complexity index is 655. The number of nitrogens with zero attached hydrogens (tertiary/aromatic N) is 1. The van der Waals surface area contributed by atoms with Gasteiger partial charge in [0.1, 0.15) is 6.61 Å². The van der Waals surface area contributed by atoms with Crippen molar-refractivity contribution >= 4 is 5.91 Å². The first kappa shape index (κ1) is 17.0. The lowest BCUT2D eigenvalue weighted by atomic mass is 9.83. The van der Waals surface area contributed by atoms with Crippen LogP contribution in [0.3, 0.4) is 0 Å². The molecule has 0 atom stereocenters. The fraction of sp³-hybridized carbons (Fsp3) is 0.316. The lowest BCUT2D eigenvalue weighted by molar-refractivity contribution is -0.135. The molecule has 122 valence electrons. The molecule has 0 bridgehead atoms. The molecule has 2 aromatic carbocycles. The minimum absolute atomic E-state index is 0.000772. The van der Waals surface area contributed by atoms with Gasteiger partial charge in [-0.15, -0.1) is 0 Å². The van der Waals surface area contributed by atoms with Crippen LogP contribution in [0.4, 0.5) is 4.39 Å². The van der Waals surface area contributed by atoms with Crippen molar-refractivity contribution in [3.05, 3.63) is 66.0 Å². The summed E-state index contributed by atoms with van der Waals surface area (Å²) in [7, 11) is 1.73. The molecule has 0 spiro atoms. The zero-order chi connectivity index (χ0) is 16.9. The highest BCUT2D eigenvalue weighted by atomic mass is 19.1. The number of likely N-dealkylation sites (N-methyl/N-ethyl adjacent to an activating group) is 1. The van der Waals surface area contributed by atoms with Crippen LogP contribution < -0.4 is 4.74 Å².